The summed E-state index contributed by atoms with van der Waals surface area (Å²) >= 11 is 0. The van der Waals surface area contributed by atoms with Gasteiger partial charge in [0.2, 0.25) is 0 Å². The van der Waals surface area contributed by atoms with Gasteiger partial charge in [0.1, 0.15) is 0 Å². The van der Waals surface area contributed by atoms with E-state index in [4.69, 9.17) is 0 Å². The van der Waals surface area contributed by atoms with Crippen molar-refractivity contribution in [3.63, 3.8) is 0 Å². The average Bonchev–Trinajstić information content (AvgIpc) is 4.02. The summed E-state index contributed by atoms with van der Waals surface area (Å²) in [6.45, 7) is 9.19. The molecule has 8 aromatic carbocycles. The summed E-state index contributed by atoms with van der Waals surface area (Å²) in [6.07, 6.45) is 3.78. The van der Waals surface area contributed by atoms with E-state index in [1.807, 2.05) is 12.2 Å². The molecule has 1 aliphatic heterocycles. The van der Waals surface area contributed by atoms with Gasteiger partial charge in [-0.1, -0.05) is 98.1 Å². The maximum Gasteiger partial charge on any atom is 0.0927 e. The van der Waals surface area contributed by atoms with Crippen molar-refractivity contribution >= 4 is 94.5 Å². The second kappa shape index (κ2) is 14.8. The largest absolute Gasteiger partial charge is 0.366 e. The molecule has 4 heterocycles. The lowest BCUT2D eigenvalue weighted by atomic mass is 10.1. The lowest BCUT2D eigenvalue weighted by molar-refractivity contribution is 0.667. The van der Waals surface area contributed by atoms with Crippen LogP contribution in [0.3, 0.4) is 0 Å². The number of nitrogens with zero attached hydrogens (tertiary/aromatic N) is 5. The third kappa shape index (κ3) is 5.77. The summed E-state index contributed by atoms with van der Waals surface area (Å²) in [7, 11) is 2.09. The molecule has 0 fully saturated rings. The van der Waals surface area contributed by atoms with Gasteiger partial charge >= 0.3 is 0 Å². The van der Waals surface area contributed by atoms with Crippen LogP contribution < -0.4 is 20.9 Å². The quantitative estimate of drug-likeness (QED) is 0.120. The normalized spacial score (nSPS) is 12.9. The van der Waals surface area contributed by atoms with Crippen LogP contribution in [0.4, 0.5) is 34.1 Å². The Labute approximate surface area is 370 Å². The molecule has 0 unspecified atom stereocenters. The van der Waals surface area contributed by atoms with E-state index in [0.29, 0.717) is 6.67 Å². The van der Waals surface area contributed by atoms with Gasteiger partial charge in [0.25, 0.3) is 0 Å². The zero-order valence-corrected chi connectivity index (χ0v) is 35.3. The highest BCUT2D eigenvalue weighted by Crippen LogP contribution is 2.45. The predicted molar refractivity (Wildman–Crippen MR) is 270 cm³/mol. The average molecular weight is 829 g/mol. The Morgan fingerprint density at radius 2 is 1.08 bits per heavy atom. The zero-order valence-electron chi connectivity index (χ0n) is 35.3. The molecule has 8 nitrogen and oxygen atoms in total. The summed E-state index contributed by atoms with van der Waals surface area (Å²) in [5.74, 6) is 0. The lowest BCUT2D eigenvalue weighted by Gasteiger charge is -2.28. The van der Waals surface area contributed by atoms with E-state index in [-0.39, 0.29) is 0 Å². The number of aromatic nitrogens is 4. The molecule has 3 aromatic heterocycles. The van der Waals surface area contributed by atoms with Gasteiger partial charge in [0, 0.05) is 51.3 Å². The number of allylic oxidation sites excluding steroid dienone is 3. The van der Waals surface area contributed by atoms with Crippen molar-refractivity contribution in [2.24, 2.45) is 7.05 Å². The van der Waals surface area contributed by atoms with Crippen molar-refractivity contribution in [2.45, 2.75) is 0 Å². The molecule has 0 bridgehead atoms. The fourth-order valence-corrected chi connectivity index (χ4v) is 9.81. The van der Waals surface area contributed by atoms with Crippen molar-refractivity contribution in [3.05, 3.63) is 213 Å². The van der Waals surface area contributed by atoms with Gasteiger partial charge in [-0.2, -0.15) is 0 Å². The van der Waals surface area contributed by atoms with E-state index in [2.05, 4.69) is 242 Å². The molecular formula is C56H44N8. The Balaban J connectivity index is 0.888. The van der Waals surface area contributed by atoms with Crippen LogP contribution in [0.15, 0.2) is 213 Å². The first-order chi connectivity index (χ1) is 31.6. The molecule has 0 saturated carbocycles. The number of hydrogen-bond acceptors (Lipinski definition) is 4. The molecule has 64 heavy (non-hydrogen) atoms. The van der Waals surface area contributed by atoms with Gasteiger partial charge in [0.05, 0.1) is 73.9 Å². The molecular weight excluding hydrogens is 785 g/mol. The Bertz CT molecular complexity index is 3670. The number of aryl methyl sites for hydroxylation is 1. The van der Waals surface area contributed by atoms with Gasteiger partial charge in [-0.25, -0.2) is 4.68 Å². The zero-order chi connectivity index (χ0) is 42.9. The van der Waals surface area contributed by atoms with Gasteiger partial charge in [0.15, 0.2) is 0 Å². The fourth-order valence-electron chi connectivity index (χ4n) is 9.81. The topological polar surface area (TPSA) is 59.1 Å². The van der Waals surface area contributed by atoms with Crippen molar-refractivity contribution in [2.75, 3.05) is 27.5 Å². The smallest absolute Gasteiger partial charge is 0.0927 e. The van der Waals surface area contributed by atoms with E-state index >= 15 is 0 Å². The number of para-hydroxylation sites is 6. The molecule has 8 heteroatoms. The Morgan fingerprint density at radius 3 is 1.72 bits per heavy atom. The molecule has 12 rings (SSSR count). The van der Waals surface area contributed by atoms with Gasteiger partial charge < -0.3 is 30.0 Å². The van der Waals surface area contributed by atoms with E-state index in [9.17, 15) is 0 Å². The molecule has 0 radical (unpaired) electrons. The van der Waals surface area contributed by atoms with Crippen molar-refractivity contribution in [1.82, 2.24) is 18.5 Å². The van der Waals surface area contributed by atoms with E-state index in [0.717, 1.165) is 73.4 Å². The van der Waals surface area contributed by atoms with Crippen LogP contribution in [-0.2, 0) is 7.05 Å². The monoisotopic (exact) mass is 828 g/mol. The van der Waals surface area contributed by atoms with Crippen molar-refractivity contribution in [3.8, 4) is 11.4 Å². The number of nitrogens with one attached hydrogen (secondary N) is 3. The summed E-state index contributed by atoms with van der Waals surface area (Å²) in [6, 6.07) is 64.7. The SMILES string of the molecule is C=C/C(Nc1ccc2c(c1)c1ccccc1n2-c1ccccc1)=C(\C=C)n1c2cc3c(cc2n1C)NCN3c1ccccc1Nc1ccc2c(c1)c1ccccc1n2-c1ccccc1. The van der Waals surface area contributed by atoms with Crippen LogP contribution in [-0.4, -0.2) is 25.2 Å². The number of hydrogen-bond donors (Lipinski definition) is 3. The maximum absolute atomic E-state index is 4.30. The molecule has 1 aliphatic rings. The number of fused-ring (bicyclic) bond motifs is 8. The number of benzene rings is 8. The molecule has 0 atom stereocenters. The Morgan fingerprint density at radius 1 is 0.516 bits per heavy atom. The van der Waals surface area contributed by atoms with Gasteiger partial charge in [-0.15, -0.1) is 0 Å². The van der Waals surface area contributed by atoms with Crippen LogP contribution in [0.5, 0.6) is 0 Å². The van der Waals surface area contributed by atoms with Crippen LogP contribution in [0.25, 0.3) is 71.7 Å². The minimum atomic E-state index is 0.636. The minimum absolute atomic E-state index is 0.636. The van der Waals surface area contributed by atoms with Crippen molar-refractivity contribution < 1.29 is 0 Å². The summed E-state index contributed by atoms with van der Waals surface area (Å²) in [5, 5.41) is 16.0. The second-order valence-corrected chi connectivity index (χ2v) is 16.3. The molecule has 308 valence electrons. The number of rotatable bonds is 10. The summed E-state index contributed by atoms with van der Waals surface area (Å²) in [5.41, 5.74) is 17.2. The molecule has 0 spiro atoms. The van der Waals surface area contributed by atoms with Crippen LogP contribution in [0.1, 0.15) is 0 Å². The highest BCUT2D eigenvalue weighted by atomic mass is 15.4. The Kier molecular flexibility index (Phi) is 8.59. The van der Waals surface area contributed by atoms with Crippen molar-refractivity contribution in [1.29, 1.82) is 0 Å². The standard InChI is InChI=1S/C56H44N8/c1-4-45(58-37-28-30-51-43(32-37)41-22-12-15-25-49(41)62(51)39-18-8-6-9-19-39)48(5-2)64-56-35-54-47(34-55(56)60(64)3)57-36-61(54)53-27-17-14-24-46(53)59-38-29-31-52-44(33-38)42-23-13-16-26-50(42)63(52)40-20-10-7-11-21-40/h4-35,57-59H,1-2,36H2,3H3/b48-45-. The summed E-state index contributed by atoms with van der Waals surface area (Å²) < 4.78 is 9.04. The van der Waals surface area contributed by atoms with Gasteiger partial charge in [-0.3, -0.25) is 4.68 Å². The van der Waals surface area contributed by atoms with Crippen LogP contribution >= 0.6 is 0 Å². The fraction of sp³-hybridized carbons (Fsp3) is 0.0357. The third-order valence-corrected chi connectivity index (χ3v) is 12.7. The first-order valence-electron chi connectivity index (χ1n) is 21.6. The van der Waals surface area contributed by atoms with E-state index in [1.54, 1.807) is 0 Å². The molecule has 0 saturated heterocycles. The lowest BCUT2D eigenvalue weighted by Crippen LogP contribution is -2.22. The first-order valence-corrected chi connectivity index (χ1v) is 21.6. The minimum Gasteiger partial charge on any atom is -0.366 e. The molecule has 0 aliphatic carbocycles. The molecule has 3 N–H and O–H groups in total. The molecule has 0 amide bonds. The van der Waals surface area contributed by atoms with Gasteiger partial charge in [-0.05, 0) is 109 Å². The van der Waals surface area contributed by atoms with E-state index in [1.165, 1.54) is 38.1 Å². The third-order valence-electron chi connectivity index (χ3n) is 12.7. The second-order valence-electron chi connectivity index (χ2n) is 16.3. The first kappa shape index (κ1) is 37.2. The number of anilines is 6. The summed E-state index contributed by atoms with van der Waals surface area (Å²) in [4.78, 5) is 2.35. The maximum atomic E-state index is 4.30. The molecule has 11 aromatic rings. The highest BCUT2D eigenvalue weighted by Gasteiger charge is 2.27. The highest BCUT2D eigenvalue weighted by molar-refractivity contribution is 6.11. The van der Waals surface area contributed by atoms with Crippen LogP contribution in [0, 0.1) is 0 Å². The van der Waals surface area contributed by atoms with E-state index < -0.39 is 0 Å². The van der Waals surface area contributed by atoms with Crippen LogP contribution in [0.2, 0.25) is 0 Å². The Hall–Kier alpha value is -8.62. The predicted octanol–water partition coefficient (Wildman–Crippen LogP) is 14.1.